The minimum Gasteiger partial charge on any atom is -1.00 e. The Bertz CT molecular complexity index is 610. The van der Waals surface area contributed by atoms with Gasteiger partial charge in [-0.2, -0.15) is 0 Å². The van der Waals surface area contributed by atoms with Gasteiger partial charge in [0.1, 0.15) is 0 Å². The second kappa shape index (κ2) is 47.4. The molecule has 1 N–H and O–H groups in total. The predicted octanol–water partition coefficient (Wildman–Crippen LogP) is 13.9. The van der Waals surface area contributed by atoms with Crippen molar-refractivity contribution >= 4 is 0 Å². The highest BCUT2D eigenvalue weighted by atomic mass is 35.5. The van der Waals surface area contributed by atoms with Crippen molar-refractivity contribution in [2.45, 2.75) is 283 Å². The number of unbranched alkanes of at least 4 members (excludes halogenated alkanes) is 41. The van der Waals surface area contributed by atoms with Crippen LogP contribution in [0.2, 0.25) is 0 Å². The minimum atomic E-state index is 0. The summed E-state index contributed by atoms with van der Waals surface area (Å²) < 4.78 is 1.24. The Morgan fingerprint density at radius 2 is 0.404 bits per heavy atom. The Hall–Kier alpha value is 0.210. The van der Waals surface area contributed by atoms with E-state index >= 15 is 0 Å². The Morgan fingerprint density at radius 1 is 0.250 bits per heavy atom. The highest BCUT2D eigenvalue weighted by molar-refractivity contribution is 4.54. The monoisotopic (exact) mass is 756 g/mol. The first-order valence-electron chi connectivity index (χ1n) is 24.6. The number of quaternary nitrogens is 1. The van der Waals surface area contributed by atoms with E-state index in [-0.39, 0.29) is 12.4 Å². The van der Waals surface area contributed by atoms with Gasteiger partial charge in [-0.15, -0.1) is 0 Å². The van der Waals surface area contributed by atoms with E-state index in [1.54, 1.807) is 0 Å². The van der Waals surface area contributed by atoms with Crippen LogP contribution in [0, 0.1) is 0 Å². The lowest BCUT2D eigenvalue weighted by Crippen LogP contribution is -3.00. The summed E-state index contributed by atoms with van der Waals surface area (Å²) in [6, 6.07) is 0. The molecule has 0 aliphatic heterocycles. The highest BCUT2D eigenvalue weighted by Crippen LogP contribution is 2.18. The largest absolute Gasteiger partial charge is 1.00 e. The molecular formula is C49H102ClNO. The van der Waals surface area contributed by atoms with Crippen LogP contribution in [-0.2, 0) is 0 Å². The second-order valence-corrected chi connectivity index (χ2v) is 18.0. The summed E-state index contributed by atoms with van der Waals surface area (Å²) in [5.41, 5.74) is 0. The molecule has 2 nitrogen and oxygen atoms in total. The van der Waals surface area contributed by atoms with E-state index in [2.05, 4.69) is 21.0 Å². The fourth-order valence-corrected chi connectivity index (χ4v) is 8.27. The molecule has 0 atom stereocenters. The van der Waals surface area contributed by atoms with Gasteiger partial charge in [-0.25, -0.2) is 0 Å². The smallest absolute Gasteiger partial charge is 0.0782 e. The standard InChI is InChI=1S/C49H102NO.ClH/c1-4-5-6-7-8-9-10-11-12-13-14-20-23-26-29-32-35-38-41-44-47-50(2,3)48-45-42-39-36-33-30-27-24-21-18-16-15-17-19-22-25-28-31-34-37-40-43-46-49-51;/h51H,4-49H2,1-3H3;1H/q+1;/p-1. The molecule has 0 fully saturated rings. The molecule has 0 aliphatic rings. The molecule has 316 valence electrons. The van der Waals surface area contributed by atoms with Gasteiger partial charge in [-0.1, -0.05) is 251 Å². The van der Waals surface area contributed by atoms with E-state index in [0.717, 1.165) is 6.42 Å². The van der Waals surface area contributed by atoms with Gasteiger partial charge in [0, 0.05) is 6.61 Å². The fourth-order valence-electron chi connectivity index (χ4n) is 8.27. The molecule has 0 bridgehead atoms. The van der Waals surface area contributed by atoms with Crippen molar-refractivity contribution in [1.82, 2.24) is 0 Å². The average molecular weight is 757 g/mol. The van der Waals surface area contributed by atoms with Crippen LogP contribution < -0.4 is 12.4 Å². The summed E-state index contributed by atoms with van der Waals surface area (Å²) in [6.07, 6.45) is 62.0. The van der Waals surface area contributed by atoms with Crippen LogP contribution in [0.15, 0.2) is 0 Å². The van der Waals surface area contributed by atoms with E-state index in [1.165, 1.54) is 287 Å². The van der Waals surface area contributed by atoms with Crippen LogP contribution in [0.4, 0.5) is 0 Å². The Morgan fingerprint density at radius 3 is 0.577 bits per heavy atom. The molecule has 0 radical (unpaired) electrons. The van der Waals surface area contributed by atoms with Gasteiger partial charge in [0.15, 0.2) is 0 Å². The summed E-state index contributed by atoms with van der Waals surface area (Å²) in [5.74, 6) is 0. The van der Waals surface area contributed by atoms with Crippen LogP contribution in [0.1, 0.15) is 283 Å². The number of aliphatic hydroxyl groups excluding tert-OH is 1. The van der Waals surface area contributed by atoms with Crippen molar-refractivity contribution in [2.75, 3.05) is 33.8 Å². The zero-order chi connectivity index (χ0) is 37.0. The number of nitrogens with zero attached hydrogens (tertiary/aromatic N) is 1. The van der Waals surface area contributed by atoms with Gasteiger partial charge in [-0.05, 0) is 32.1 Å². The van der Waals surface area contributed by atoms with Crippen LogP contribution in [0.5, 0.6) is 0 Å². The highest BCUT2D eigenvalue weighted by Gasteiger charge is 2.13. The van der Waals surface area contributed by atoms with Crippen LogP contribution in [0.3, 0.4) is 0 Å². The Kier molecular flexibility index (Phi) is 49.5. The first-order valence-corrected chi connectivity index (χ1v) is 24.6. The number of hydrogen-bond acceptors (Lipinski definition) is 1. The zero-order valence-corrected chi connectivity index (χ0v) is 37.6. The SMILES string of the molecule is CCCCCCCCCCCCCCCCCCCCCC[N+](C)(C)CCCCCCCCCCCCCCCCCCCCCCCCCO.[Cl-]. The average Bonchev–Trinajstić information content (AvgIpc) is 3.12. The molecular weight excluding hydrogens is 654 g/mol. The summed E-state index contributed by atoms with van der Waals surface area (Å²) >= 11 is 0. The summed E-state index contributed by atoms with van der Waals surface area (Å²) in [7, 11) is 4.95. The Balaban J connectivity index is 0. The maximum absolute atomic E-state index is 8.82. The predicted molar refractivity (Wildman–Crippen MR) is 233 cm³/mol. The molecule has 0 aromatic rings. The van der Waals surface area contributed by atoms with Crippen molar-refractivity contribution in [1.29, 1.82) is 0 Å². The molecule has 0 heterocycles. The summed E-state index contributed by atoms with van der Waals surface area (Å²) in [4.78, 5) is 0. The Labute approximate surface area is 337 Å². The van der Waals surface area contributed by atoms with Gasteiger partial charge in [0.2, 0.25) is 0 Å². The number of halogens is 1. The van der Waals surface area contributed by atoms with E-state index in [1.807, 2.05) is 0 Å². The van der Waals surface area contributed by atoms with Crippen LogP contribution in [-0.4, -0.2) is 43.4 Å². The molecule has 0 saturated heterocycles. The third-order valence-corrected chi connectivity index (χ3v) is 12.0. The van der Waals surface area contributed by atoms with Crippen LogP contribution >= 0.6 is 0 Å². The van der Waals surface area contributed by atoms with Crippen molar-refractivity contribution in [3.8, 4) is 0 Å². The van der Waals surface area contributed by atoms with Gasteiger partial charge in [0.25, 0.3) is 0 Å². The van der Waals surface area contributed by atoms with E-state index < -0.39 is 0 Å². The van der Waals surface area contributed by atoms with Gasteiger partial charge in [-0.3, -0.25) is 0 Å². The molecule has 0 unspecified atom stereocenters. The van der Waals surface area contributed by atoms with E-state index in [4.69, 9.17) is 5.11 Å². The van der Waals surface area contributed by atoms with Crippen molar-refractivity contribution in [3.05, 3.63) is 0 Å². The number of aliphatic hydroxyl groups is 1. The third kappa shape index (κ3) is 48.2. The molecule has 0 amide bonds. The van der Waals surface area contributed by atoms with Gasteiger partial charge < -0.3 is 22.0 Å². The van der Waals surface area contributed by atoms with Crippen molar-refractivity contribution in [3.63, 3.8) is 0 Å². The van der Waals surface area contributed by atoms with E-state index in [9.17, 15) is 0 Å². The number of rotatable bonds is 46. The molecule has 3 heteroatoms. The lowest BCUT2D eigenvalue weighted by atomic mass is 10.0. The molecule has 0 spiro atoms. The quantitative estimate of drug-likeness (QED) is 0.0484. The summed E-state index contributed by atoms with van der Waals surface area (Å²) in [6.45, 7) is 5.45. The normalized spacial score (nSPS) is 11.8. The molecule has 52 heavy (non-hydrogen) atoms. The zero-order valence-electron chi connectivity index (χ0n) is 36.8. The lowest BCUT2D eigenvalue weighted by Gasteiger charge is -2.30. The molecule has 0 aromatic heterocycles. The maximum atomic E-state index is 8.82. The lowest BCUT2D eigenvalue weighted by molar-refractivity contribution is -0.890. The first kappa shape index (κ1) is 54.3. The van der Waals surface area contributed by atoms with Gasteiger partial charge >= 0.3 is 0 Å². The number of hydrogen-bond donors (Lipinski definition) is 1. The molecule has 0 aromatic carbocycles. The minimum absolute atomic E-state index is 0. The molecule has 0 rings (SSSR count). The van der Waals surface area contributed by atoms with Crippen LogP contribution in [0.25, 0.3) is 0 Å². The molecule has 0 aliphatic carbocycles. The maximum Gasteiger partial charge on any atom is 0.0782 e. The third-order valence-electron chi connectivity index (χ3n) is 12.0. The second-order valence-electron chi connectivity index (χ2n) is 18.0. The fraction of sp³-hybridized carbons (Fsp3) is 1.00. The van der Waals surface area contributed by atoms with Crippen molar-refractivity contribution in [2.24, 2.45) is 0 Å². The van der Waals surface area contributed by atoms with Crippen molar-refractivity contribution < 1.29 is 22.0 Å². The first-order chi connectivity index (χ1) is 25.1. The molecule has 0 saturated carbocycles. The van der Waals surface area contributed by atoms with Gasteiger partial charge in [0.05, 0.1) is 27.2 Å². The van der Waals surface area contributed by atoms with E-state index in [0.29, 0.717) is 6.61 Å². The topological polar surface area (TPSA) is 20.2 Å². The summed E-state index contributed by atoms with van der Waals surface area (Å²) in [5, 5.41) is 8.82.